The average molecular weight is 263 g/mol. The first kappa shape index (κ1) is 14.1. The van der Waals surface area contributed by atoms with E-state index < -0.39 is 0 Å². The number of fused-ring (bicyclic) bond motifs is 1. The van der Waals surface area contributed by atoms with Crippen molar-refractivity contribution in [1.82, 2.24) is 14.8 Å². The molecular formula is C15H25N3O. The molecule has 0 radical (unpaired) electrons. The molecule has 1 amide bonds. The van der Waals surface area contributed by atoms with Crippen LogP contribution >= 0.6 is 0 Å². The smallest absolute Gasteiger partial charge is 0.223 e. The lowest BCUT2D eigenvalue weighted by molar-refractivity contribution is -0.128. The van der Waals surface area contributed by atoms with Crippen LogP contribution in [-0.2, 0) is 17.8 Å². The number of nitrogens with zero attached hydrogens (tertiary/aromatic N) is 2. The van der Waals surface area contributed by atoms with Gasteiger partial charge in [0.15, 0.2) is 0 Å². The maximum Gasteiger partial charge on any atom is 0.223 e. The van der Waals surface area contributed by atoms with Crippen molar-refractivity contribution >= 4 is 5.91 Å². The van der Waals surface area contributed by atoms with E-state index in [1.165, 1.54) is 36.8 Å². The van der Waals surface area contributed by atoms with E-state index in [1.54, 1.807) is 4.90 Å². The van der Waals surface area contributed by atoms with Crippen LogP contribution in [0, 0.1) is 0 Å². The molecule has 1 N–H and O–H groups in total. The first-order valence-corrected chi connectivity index (χ1v) is 7.17. The van der Waals surface area contributed by atoms with Crippen LogP contribution in [0.25, 0.3) is 0 Å². The zero-order valence-electron chi connectivity index (χ0n) is 12.3. The maximum absolute atomic E-state index is 11.6. The molecule has 0 bridgehead atoms. The number of rotatable bonds is 4. The Morgan fingerprint density at radius 2 is 2.21 bits per heavy atom. The highest BCUT2D eigenvalue weighted by atomic mass is 16.2. The summed E-state index contributed by atoms with van der Waals surface area (Å²) in [6, 6.07) is 0.475. The minimum Gasteiger partial charge on any atom is -0.353 e. The lowest BCUT2D eigenvalue weighted by Gasteiger charge is -2.13. The third-order valence-electron chi connectivity index (χ3n) is 3.99. The van der Waals surface area contributed by atoms with E-state index in [9.17, 15) is 4.79 Å². The highest BCUT2D eigenvalue weighted by Gasteiger charge is 2.19. The van der Waals surface area contributed by atoms with Gasteiger partial charge in [-0.05, 0) is 37.4 Å². The predicted octanol–water partition coefficient (Wildman–Crippen LogP) is 1.95. The molecule has 1 unspecified atom stereocenters. The van der Waals surface area contributed by atoms with Crippen molar-refractivity contribution < 1.29 is 4.79 Å². The summed E-state index contributed by atoms with van der Waals surface area (Å²) in [6.45, 7) is 0.778. The number of carbonyl (C=O) groups is 1. The van der Waals surface area contributed by atoms with Gasteiger partial charge < -0.3 is 14.8 Å². The Labute approximate surface area is 115 Å². The van der Waals surface area contributed by atoms with E-state index in [4.69, 9.17) is 0 Å². The molecule has 1 aromatic rings. The molecule has 1 aromatic heterocycles. The largest absolute Gasteiger partial charge is 0.353 e. The zero-order valence-corrected chi connectivity index (χ0v) is 12.3. The van der Waals surface area contributed by atoms with Crippen molar-refractivity contribution in [2.75, 3.05) is 21.1 Å². The van der Waals surface area contributed by atoms with Crippen LogP contribution in [0.4, 0.5) is 0 Å². The Morgan fingerprint density at radius 1 is 1.42 bits per heavy atom. The molecule has 2 rings (SSSR count). The van der Waals surface area contributed by atoms with Crippen molar-refractivity contribution in [2.45, 2.75) is 44.7 Å². The molecule has 1 heterocycles. The summed E-state index contributed by atoms with van der Waals surface area (Å²) in [5.74, 6) is 0.189. The van der Waals surface area contributed by atoms with E-state index in [1.807, 2.05) is 21.1 Å². The second-order valence-corrected chi connectivity index (χ2v) is 5.60. The molecular weight excluding hydrogens is 238 g/mol. The molecule has 4 nitrogen and oxygen atoms in total. The van der Waals surface area contributed by atoms with Gasteiger partial charge in [0.05, 0.1) is 0 Å². The lowest BCUT2D eigenvalue weighted by atomic mass is 10.1. The van der Waals surface area contributed by atoms with Crippen molar-refractivity contribution in [1.29, 1.82) is 0 Å². The molecule has 19 heavy (non-hydrogen) atoms. The number of nitrogens with one attached hydrogen (secondary N) is 1. The maximum atomic E-state index is 11.6. The van der Waals surface area contributed by atoms with Gasteiger partial charge in [-0.2, -0.15) is 0 Å². The zero-order chi connectivity index (χ0) is 13.8. The number of hydrogen-bond donors (Lipinski definition) is 1. The molecule has 1 aliphatic rings. The number of aromatic nitrogens is 1. The van der Waals surface area contributed by atoms with Gasteiger partial charge >= 0.3 is 0 Å². The Bertz CT molecular complexity index is 437. The van der Waals surface area contributed by atoms with Crippen molar-refractivity contribution in [2.24, 2.45) is 0 Å². The van der Waals surface area contributed by atoms with Gasteiger partial charge in [0.25, 0.3) is 0 Å². The van der Waals surface area contributed by atoms with Crippen LogP contribution in [0.3, 0.4) is 0 Å². The van der Waals surface area contributed by atoms with Crippen LogP contribution in [0.1, 0.15) is 42.9 Å². The van der Waals surface area contributed by atoms with E-state index in [-0.39, 0.29) is 5.91 Å². The molecule has 0 saturated heterocycles. The van der Waals surface area contributed by atoms with Gasteiger partial charge in [-0.1, -0.05) is 6.42 Å². The quantitative estimate of drug-likeness (QED) is 0.843. The lowest BCUT2D eigenvalue weighted by Crippen LogP contribution is -2.22. The molecule has 0 spiro atoms. The fraction of sp³-hybridized carbons (Fsp3) is 0.667. The first-order valence-electron chi connectivity index (χ1n) is 7.17. The van der Waals surface area contributed by atoms with Gasteiger partial charge in [0, 0.05) is 45.5 Å². The standard InChI is InChI=1S/C15H25N3O/c1-16-14-7-5-4-6-12-10-18(11-13(12)14)9-8-15(19)17(2)3/h10-11,14,16H,4-9H2,1-3H3. The summed E-state index contributed by atoms with van der Waals surface area (Å²) in [5.41, 5.74) is 2.88. The van der Waals surface area contributed by atoms with Gasteiger partial charge in [0.2, 0.25) is 5.91 Å². The van der Waals surface area contributed by atoms with Gasteiger partial charge in [-0.25, -0.2) is 0 Å². The minimum atomic E-state index is 0.189. The molecule has 0 aliphatic heterocycles. The average Bonchev–Trinajstić information content (AvgIpc) is 2.70. The van der Waals surface area contributed by atoms with Crippen LogP contribution in [0.2, 0.25) is 0 Å². The van der Waals surface area contributed by atoms with Crippen LogP contribution in [-0.4, -0.2) is 36.5 Å². The molecule has 0 aromatic carbocycles. The summed E-state index contributed by atoms with van der Waals surface area (Å²) < 4.78 is 2.18. The fourth-order valence-electron chi connectivity index (χ4n) is 2.79. The summed E-state index contributed by atoms with van der Waals surface area (Å²) in [5, 5.41) is 3.41. The highest BCUT2D eigenvalue weighted by molar-refractivity contribution is 5.75. The van der Waals surface area contributed by atoms with Crippen molar-refractivity contribution in [3.63, 3.8) is 0 Å². The SMILES string of the molecule is CNC1CCCCc2cn(CCC(=O)N(C)C)cc21. The molecule has 1 aliphatic carbocycles. The fourth-order valence-corrected chi connectivity index (χ4v) is 2.79. The van der Waals surface area contributed by atoms with Crippen molar-refractivity contribution in [3.05, 3.63) is 23.5 Å². The first-order chi connectivity index (χ1) is 9.11. The van der Waals surface area contributed by atoms with Crippen molar-refractivity contribution in [3.8, 4) is 0 Å². The second kappa shape index (κ2) is 6.24. The van der Waals surface area contributed by atoms with Crippen LogP contribution < -0.4 is 5.32 Å². The second-order valence-electron chi connectivity index (χ2n) is 5.60. The predicted molar refractivity (Wildman–Crippen MR) is 77.1 cm³/mol. The molecule has 106 valence electrons. The summed E-state index contributed by atoms with van der Waals surface area (Å²) in [6.07, 6.45) is 9.97. The Kier molecular flexibility index (Phi) is 4.64. The summed E-state index contributed by atoms with van der Waals surface area (Å²) >= 11 is 0. The van der Waals surface area contributed by atoms with E-state index in [0.717, 1.165) is 6.54 Å². The van der Waals surface area contributed by atoms with Crippen LogP contribution in [0.15, 0.2) is 12.4 Å². The molecule has 4 heteroatoms. The van der Waals surface area contributed by atoms with Gasteiger partial charge in [-0.15, -0.1) is 0 Å². The van der Waals surface area contributed by atoms with E-state index in [2.05, 4.69) is 22.3 Å². The summed E-state index contributed by atoms with van der Waals surface area (Å²) in [7, 11) is 5.65. The van der Waals surface area contributed by atoms with Gasteiger partial charge in [-0.3, -0.25) is 4.79 Å². The van der Waals surface area contributed by atoms with Crippen LogP contribution in [0.5, 0.6) is 0 Å². The Balaban J connectivity index is 2.06. The highest BCUT2D eigenvalue weighted by Crippen LogP contribution is 2.29. The molecule has 0 fully saturated rings. The molecule has 1 atom stereocenters. The number of aryl methyl sites for hydroxylation is 2. The van der Waals surface area contributed by atoms with Gasteiger partial charge in [0.1, 0.15) is 0 Å². The Morgan fingerprint density at radius 3 is 2.89 bits per heavy atom. The number of amides is 1. The van der Waals surface area contributed by atoms with E-state index >= 15 is 0 Å². The topological polar surface area (TPSA) is 37.3 Å². The number of hydrogen-bond acceptors (Lipinski definition) is 2. The third-order valence-corrected chi connectivity index (χ3v) is 3.99. The number of carbonyl (C=O) groups excluding carboxylic acids is 1. The molecule has 0 saturated carbocycles. The third kappa shape index (κ3) is 3.38. The monoisotopic (exact) mass is 263 g/mol. The van der Waals surface area contributed by atoms with E-state index in [0.29, 0.717) is 12.5 Å². The Hall–Kier alpha value is -1.29. The minimum absolute atomic E-state index is 0.189. The summed E-state index contributed by atoms with van der Waals surface area (Å²) in [4.78, 5) is 13.3. The normalized spacial score (nSPS) is 18.8.